The molecule has 156 valence electrons. The van der Waals surface area contributed by atoms with Crippen LogP contribution in [0.25, 0.3) is 10.9 Å². The lowest BCUT2D eigenvalue weighted by Gasteiger charge is -2.30. The van der Waals surface area contributed by atoms with Gasteiger partial charge in [-0.25, -0.2) is 0 Å². The molecule has 1 aromatic heterocycles. The predicted molar refractivity (Wildman–Crippen MR) is 116 cm³/mol. The van der Waals surface area contributed by atoms with Crippen LogP contribution in [0, 0.1) is 0 Å². The molecule has 1 saturated carbocycles. The van der Waals surface area contributed by atoms with Gasteiger partial charge in [-0.15, -0.1) is 0 Å². The van der Waals surface area contributed by atoms with Crippen LogP contribution in [-0.2, 0) is 6.54 Å². The Kier molecular flexibility index (Phi) is 6.20. The molecule has 3 N–H and O–H groups in total. The molecule has 0 atom stereocenters. The molecule has 1 fully saturated rings. The zero-order valence-corrected chi connectivity index (χ0v) is 17.2. The van der Waals surface area contributed by atoms with Crippen molar-refractivity contribution in [1.29, 1.82) is 0 Å². The summed E-state index contributed by atoms with van der Waals surface area (Å²) in [6.45, 7) is 1.69. The van der Waals surface area contributed by atoms with Gasteiger partial charge in [-0.3, -0.25) is 4.79 Å². The van der Waals surface area contributed by atoms with Crippen LogP contribution in [0.1, 0.15) is 37.7 Å². The normalized spacial score (nSPS) is 16.6. The highest BCUT2D eigenvalue weighted by atomic mass is 32.1. The number of ether oxygens (including phenoxy) is 2. The fraction of sp³-hybridized carbons (Fsp3) is 0.524. The Morgan fingerprint density at radius 3 is 2.62 bits per heavy atom. The first-order valence-corrected chi connectivity index (χ1v) is 10.7. The molecular formula is C21H27N3O4S. The number of hydrogen-bond donors (Lipinski definition) is 3. The van der Waals surface area contributed by atoms with Crippen LogP contribution < -0.4 is 20.3 Å². The lowest BCUT2D eigenvalue weighted by Crippen LogP contribution is -2.46. The van der Waals surface area contributed by atoms with Crippen LogP contribution >= 0.6 is 12.2 Å². The monoisotopic (exact) mass is 417 g/mol. The van der Waals surface area contributed by atoms with E-state index in [9.17, 15) is 9.90 Å². The number of thiocarbonyl (C=S) groups is 1. The first-order valence-electron chi connectivity index (χ1n) is 10.3. The number of nitrogens with one attached hydrogen (secondary N) is 2. The number of aliphatic hydroxyl groups excluding tert-OH is 1. The average molecular weight is 418 g/mol. The van der Waals surface area contributed by atoms with Crippen LogP contribution in [0.4, 0.5) is 0 Å². The van der Waals surface area contributed by atoms with Gasteiger partial charge in [0.1, 0.15) is 13.2 Å². The van der Waals surface area contributed by atoms with Crippen molar-refractivity contribution < 1.29 is 14.6 Å². The minimum atomic E-state index is -0.169. The molecule has 8 heteroatoms. The molecule has 0 radical (unpaired) electrons. The summed E-state index contributed by atoms with van der Waals surface area (Å²) in [5, 5.41) is 14.4. The van der Waals surface area contributed by atoms with Crippen LogP contribution in [0.3, 0.4) is 0 Å². The van der Waals surface area contributed by atoms with Gasteiger partial charge in [-0.2, -0.15) is 0 Å². The van der Waals surface area contributed by atoms with Gasteiger partial charge >= 0.3 is 0 Å². The van der Waals surface area contributed by atoms with E-state index in [0.717, 1.165) is 18.2 Å². The van der Waals surface area contributed by atoms with Crippen molar-refractivity contribution in [3.8, 4) is 11.5 Å². The lowest BCUT2D eigenvalue weighted by atomic mass is 9.96. The van der Waals surface area contributed by atoms with Crippen molar-refractivity contribution in [3.05, 3.63) is 34.1 Å². The first kappa shape index (κ1) is 20.0. The Hall–Kier alpha value is -2.32. The highest BCUT2D eigenvalue weighted by Gasteiger charge is 2.19. The molecule has 1 aromatic carbocycles. The molecule has 2 heterocycles. The number of benzene rings is 1. The molecule has 7 nitrogen and oxygen atoms in total. The van der Waals surface area contributed by atoms with Crippen LogP contribution in [0.15, 0.2) is 23.0 Å². The summed E-state index contributed by atoms with van der Waals surface area (Å²) in [4.78, 5) is 17.5. The molecule has 2 aliphatic rings. The van der Waals surface area contributed by atoms with E-state index < -0.39 is 0 Å². The van der Waals surface area contributed by atoms with Gasteiger partial charge in [0, 0.05) is 29.6 Å². The van der Waals surface area contributed by atoms with E-state index in [1.165, 1.54) is 19.3 Å². The summed E-state index contributed by atoms with van der Waals surface area (Å²) < 4.78 is 11.2. The Morgan fingerprint density at radius 2 is 1.90 bits per heavy atom. The third kappa shape index (κ3) is 4.64. The standard InChI is InChI=1S/C21H27N3O4S/c25-7-6-24(21(29)22-16-4-2-1-3-5-16)13-15-10-14-11-18-19(28-9-8-27-18)12-17(14)23-20(15)26/h10-12,16,25H,1-9,13H2,(H,22,29)(H,23,26). The first-order chi connectivity index (χ1) is 14.1. The van der Waals surface area contributed by atoms with E-state index in [4.69, 9.17) is 21.7 Å². The Morgan fingerprint density at radius 1 is 1.17 bits per heavy atom. The van der Waals surface area contributed by atoms with Gasteiger partial charge in [0.2, 0.25) is 0 Å². The summed E-state index contributed by atoms with van der Waals surface area (Å²) in [6.07, 6.45) is 5.91. The summed E-state index contributed by atoms with van der Waals surface area (Å²) >= 11 is 5.59. The Bertz CT molecular complexity index is 939. The molecule has 2 aromatic rings. The summed E-state index contributed by atoms with van der Waals surface area (Å²) in [5.74, 6) is 1.33. The number of aromatic amines is 1. The summed E-state index contributed by atoms with van der Waals surface area (Å²) in [6, 6.07) is 5.92. The smallest absolute Gasteiger partial charge is 0.253 e. The predicted octanol–water partition coefficient (Wildman–Crippen LogP) is 2.30. The Labute approximate surface area is 175 Å². The SMILES string of the molecule is O=c1[nH]c2cc3c(cc2cc1CN(CCO)C(=S)NC1CCCCC1)OCCO3. The maximum absolute atomic E-state index is 12.7. The average Bonchev–Trinajstić information content (AvgIpc) is 2.73. The summed E-state index contributed by atoms with van der Waals surface area (Å²) in [5.41, 5.74) is 1.13. The van der Waals surface area contributed by atoms with E-state index in [1.807, 2.05) is 17.0 Å². The molecule has 0 saturated heterocycles. The summed E-state index contributed by atoms with van der Waals surface area (Å²) in [7, 11) is 0. The van der Waals surface area contributed by atoms with Crippen LogP contribution in [0.2, 0.25) is 0 Å². The highest BCUT2D eigenvalue weighted by Crippen LogP contribution is 2.33. The highest BCUT2D eigenvalue weighted by molar-refractivity contribution is 7.80. The van der Waals surface area contributed by atoms with E-state index in [2.05, 4.69) is 10.3 Å². The third-order valence-corrected chi connectivity index (χ3v) is 5.91. The fourth-order valence-corrected chi connectivity index (χ4v) is 4.32. The second kappa shape index (κ2) is 9.00. The van der Waals surface area contributed by atoms with Crippen molar-refractivity contribution in [1.82, 2.24) is 15.2 Å². The Balaban J connectivity index is 1.55. The molecule has 29 heavy (non-hydrogen) atoms. The molecule has 0 unspecified atom stereocenters. The van der Waals surface area contributed by atoms with E-state index in [-0.39, 0.29) is 12.2 Å². The fourth-order valence-electron chi connectivity index (χ4n) is 4.00. The maximum atomic E-state index is 12.7. The largest absolute Gasteiger partial charge is 0.486 e. The number of hydrogen-bond acceptors (Lipinski definition) is 5. The van der Waals surface area contributed by atoms with Crippen molar-refractivity contribution >= 4 is 28.2 Å². The van der Waals surface area contributed by atoms with Crippen molar-refractivity contribution in [2.45, 2.75) is 44.7 Å². The van der Waals surface area contributed by atoms with Crippen molar-refractivity contribution in [2.24, 2.45) is 0 Å². The van der Waals surface area contributed by atoms with Crippen LogP contribution in [-0.4, -0.2) is 52.5 Å². The topological polar surface area (TPSA) is 86.8 Å². The molecule has 1 aliphatic heterocycles. The number of aliphatic hydroxyl groups is 1. The number of fused-ring (bicyclic) bond motifs is 2. The quantitative estimate of drug-likeness (QED) is 0.644. The molecule has 0 amide bonds. The van der Waals surface area contributed by atoms with E-state index >= 15 is 0 Å². The second-order valence-corrected chi connectivity index (χ2v) is 8.02. The van der Waals surface area contributed by atoms with Gasteiger partial charge in [0.25, 0.3) is 5.56 Å². The van der Waals surface area contributed by atoms with Crippen molar-refractivity contribution in [2.75, 3.05) is 26.4 Å². The zero-order valence-electron chi connectivity index (χ0n) is 16.4. The van der Waals surface area contributed by atoms with Crippen molar-refractivity contribution in [3.63, 3.8) is 0 Å². The van der Waals surface area contributed by atoms with Gasteiger partial charge in [0.05, 0.1) is 18.7 Å². The number of nitrogens with zero attached hydrogens (tertiary/aromatic N) is 1. The minimum absolute atomic E-state index is 0.0311. The van der Waals surface area contributed by atoms with E-state index in [0.29, 0.717) is 60.0 Å². The zero-order chi connectivity index (χ0) is 20.2. The van der Waals surface area contributed by atoms with E-state index in [1.54, 1.807) is 6.07 Å². The molecule has 1 aliphatic carbocycles. The molecule has 0 spiro atoms. The molecule has 4 rings (SSSR count). The molecule has 0 bridgehead atoms. The maximum Gasteiger partial charge on any atom is 0.253 e. The van der Waals surface area contributed by atoms with Gasteiger partial charge in [0.15, 0.2) is 16.6 Å². The van der Waals surface area contributed by atoms with Crippen LogP contribution in [0.5, 0.6) is 11.5 Å². The van der Waals surface area contributed by atoms with Gasteiger partial charge in [-0.05, 0) is 37.2 Å². The lowest BCUT2D eigenvalue weighted by molar-refractivity contribution is 0.172. The number of pyridine rings is 1. The van der Waals surface area contributed by atoms with Gasteiger partial charge < -0.3 is 29.8 Å². The number of rotatable bonds is 5. The van der Waals surface area contributed by atoms with Gasteiger partial charge in [-0.1, -0.05) is 19.3 Å². The third-order valence-electron chi connectivity index (χ3n) is 5.54. The minimum Gasteiger partial charge on any atom is -0.486 e. The number of H-pyrrole nitrogens is 1. The molecular weight excluding hydrogens is 390 g/mol. The number of aromatic nitrogens is 1. The second-order valence-electron chi connectivity index (χ2n) is 7.64.